The standard InChI is InChI=1S/C90H175NO13/c1-3-5-7-9-11-13-15-17-19-21-23-25-27-29-31-33-34-35-36-37-38-39-40-41-42-43-44-46-48-50-52-54-56-58-60-62-64-66-68-70-72-74-82(95)91-78(77-101-89-87(100)85(98)88(81(76-93)103-89)104-90-86(99)84(97)83(96)80(75-92)102-90)79(94)73-71-69-67-65-63-61-59-57-55-53-51-49-47-45-32-30-28-26-24-22-20-18-16-14-12-10-8-6-4-2/h21,23,78-81,83-90,92-94,96-100H,3-20,22,24-77H2,1-2H3,(H,91,95)/b23-21-. The Morgan fingerprint density at radius 2 is 0.606 bits per heavy atom. The summed E-state index contributed by atoms with van der Waals surface area (Å²) in [7, 11) is 0. The number of hydrogen-bond donors (Lipinski definition) is 9. The van der Waals surface area contributed by atoms with Gasteiger partial charge in [0.05, 0.1) is 32.0 Å². The number of aliphatic hydroxyl groups is 8. The van der Waals surface area contributed by atoms with E-state index in [2.05, 4.69) is 31.3 Å². The van der Waals surface area contributed by atoms with Gasteiger partial charge in [0, 0.05) is 6.42 Å². The molecule has 0 saturated carbocycles. The van der Waals surface area contributed by atoms with E-state index in [1.165, 1.54) is 385 Å². The Labute approximate surface area is 641 Å². The van der Waals surface area contributed by atoms with Crippen LogP contribution in [-0.2, 0) is 23.7 Å². The summed E-state index contributed by atoms with van der Waals surface area (Å²) in [4.78, 5) is 13.4. The molecule has 2 rings (SSSR count). The zero-order valence-electron chi connectivity index (χ0n) is 68.3. The topological polar surface area (TPSA) is 228 Å². The van der Waals surface area contributed by atoms with Crippen LogP contribution >= 0.6 is 0 Å². The monoisotopic (exact) mass is 1480 g/mol. The molecule has 0 aromatic rings. The van der Waals surface area contributed by atoms with Crippen LogP contribution in [0.3, 0.4) is 0 Å². The van der Waals surface area contributed by atoms with Gasteiger partial charge in [0.2, 0.25) is 5.91 Å². The second-order valence-electron chi connectivity index (χ2n) is 32.8. The van der Waals surface area contributed by atoms with Crippen LogP contribution in [0.1, 0.15) is 463 Å². The van der Waals surface area contributed by atoms with Gasteiger partial charge in [-0.3, -0.25) is 4.79 Å². The molecule has 2 fully saturated rings. The number of unbranched alkanes of at least 4 members (excludes halogenated alkanes) is 65. The maximum atomic E-state index is 13.4. The van der Waals surface area contributed by atoms with Crippen molar-refractivity contribution in [3.63, 3.8) is 0 Å². The van der Waals surface area contributed by atoms with E-state index in [1.54, 1.807) is 0 Å². The zero-order chi connectivity index (χ0) is 75.1. The third-order valence-electron chi connectivity index (χ3n) is 23.0. The third kappa shape index (κ3) is 56.0. The SMILES string of the molecule is CCCCCCCCCC/C=C\CCCCCCCCCCCCCCCCCCCCCCCCCCCCCCCC(=O)NC(COC1OC(CO)C(OC2OC(CO)C(O)C(O)C2O)C(O)C1O)C(O)CCCCCCCCCCCCCCCCCCCCCCCCCCCCCCC. The number of carbonyl (C=O) groups is 1. The van der Waals surface area contributed by atoms with Gasteiger partial charge in [-0.15, -0.1) is 0 Å². The van der Waals surface area contributed by atoms with Crippen molar-refractivity contribution in [2.75, 3.05) is 19.8 Å². The lowest BCUT2D eigenvalue weighted by Crippen LogP contribution is -2.65. The van der Waals surface area contributed by atoms with Crippen molar-refractivity contribution < 1.29 is 64.6 Å². The van der Waals surface area contributed by atoms with E-state index in [-0.39, 0.29) is 12.5 Å². The number of ether oxygens (including phenoxy) is 4. The van der Waals surface area contributed by atoms with E-state index >= 15 is 0 Å². The van der Waals surface area contributed by atoms with Crippen molar-refractivity contribution in [1.82, 2.24) is 5.32 Å². The molecule has 0 aromatic carbocycles. The highest BCUT2D eigenvalue weighted by Crippen LogP contribution is 2.31. The Hall–Kier alpha value is -1.27. The van der Waals surface area contributed by atoms with Crippen LogP contribution in [0, 0.1) is 0 Å². The van der Waals surface area contributed by atoms with E-state index in [0.717, 1.165) is 51.4 Å². The maximum absolute atomic E-state index is 13.4. The van der Waals surface area contributed by atoms with Crippen LogP contribution in [0.15, 0.2) is 12.2 Å². The van der Waals surface area contributed by atoms with Gasteiger partial charge in [0.1, 0.15) is 48.8 Å². The zero-order valence-corrected chi connectivity index (χ0v) is 68.3. The van der Waals surface area contributed by atoms with Gasteiger partial charge in [-0.2, -0.15) is 0 Å². The second-order valence-corrected chi connectivity index (χ2v) is 32.8. The second kappa shape index (κ2) is 74.5. The molecule has 0 aliphatic carbocycles. The highest BCUT2D eigenvalue weighted by molar-refractivity contribution is 5.76. The van der Waals surface area contributed by atoms with Crippen molar-refractivity contribution in [3.05, 3.63) is 12.2 Å². The molecule has 2 heterocycles. The van der Waals surface area contributed by atoms with Crippen molar-refractivity contribution in [2.24, 2.45) is 0 Å². The fourth-order valence-electron chi connectivity index (χ4n) is 15.8. The van der Waals surface area contributed by atoms with Gasteiger partial charge in [0.15, 0.2) is 12.6 Å². The molecule has 14 nitrogen and oxygen atoms in total. The molecule has 2 saturated heterocycles. The number of rotatable bonds is 80. The first-order valence-corrected chi connectivity index (χ1v) is 45.9. The van der Waals surface area contributed by atoms with Crippen LogP contribution in [0.4, 0.5) is 0 Å². The van der Waals surface area contributed by atoms with E-state index in [9.17, 15) is 45.6 Å². The van der Waals surface area contributed by atoms with Crippen molar-refractivity contribution >= 4 is 5.91 Å². The molecule has 2 aliphatic rings. The molecule has 618 valence electrons. The minimum Gasteiger partial charge on any atom is -0.394 e. The molecule has 12 unspecified atom stereocenters. The molecule has 14 heteroatoms. The summed E-state index contributed by atoms with van der Waals surface area (Å²) in [5, 5.41) is 88.1. The predicted octanol–water partition coefficient (Wildman–Crippen LogP) is 22.4. The van der Waals surface area contributed by atoms with Gasteiger partial charge >= 0.3 is 0 Å². The highest BCUT2D eigenvalue weighted by Gasteiger charge is 2.51. The maximum Gasteiger partial charge on any atom is 0.220 e. The van der Waals surface area contributed by atoms with E-state index < -0.39 is 86.8 Å². The average Bonchev–Trinajstić information content (AvgIpc) is 0.789. The van der Waals surface area contributed by atoms with Crippen molar-refractivity contribution in [3.8, 4) is 0 Å². The van der Waals surface area contributed by atoms with Crippen LogP contribution < -0.4 is 5.32 Å². The molecule has 0 spiro atoms. The first-order valence-electron chi connectivity index (χ1n) is 45.9. The van der Waals surface area contributed by atoms with E-state index in [1.807, 2.05) is 0 Å². The molecule has 0 radical (unpaired) electrons. The lowest BCUT2D eigenvalue weighted by molar-refractivity contribution is -0.359. The number of carbonyl (C=O) groups excluding carboxylic acids is 1. The Balaban J connectivity index is 1.53. The van der Waals surface area contributed by atoms with Crippen molar-refractivity contribution in [2.45, 2.75) is 537 Å². The normalized spacial score (nSPS) is 21.4. The summed E-state index contributed by atoms with van der Waals surface area (Å²) in [6.45, 7) is 2.95. The molecule has 0 bridgehead atoms. The highest BCUT2D eigenvalue weighted by atomic mass is 16.7. The van der Waals surface area contributed by atoms with E-state index in [4.69, 9.17) is 18.9 Å². The third-order valence-corrected chi connectivity index (χ3v) is 23.0. The van der Waals surface area contributed by atoms with Crippen molar-refractivity contribution in [1.29, 1.82) is 0 Å². The average molecular weight is 1480 g/mol. The van der Waals surface area contributed by atoms with Gasteiger partial charge in [0.25, 0.3) is 0 Å². The molecular formula is C90H175NO13. The lowest BCUT2D eigenvalue weighted by Gasteiger charge is -2.46. The predicted molar refractivity (Wildman–Crippen MR) is 434 cm³/mol. The van der Waals surface area contributed by atoms with Crippen LogP contribution in [0.25, 0.3) is 0 Å². The number of hydrogen-bond acceptors (Lipinski definition) is 13. The summed E-state index contributed by atoms with van der Waals surface area (Å²) >= 11 is 0. The van der Waals surface area contributed by atoms with Gasteiger partial charge in [-0.25, -0.2) is 0 Å². The molecule has 104 heavy (non-hydrogen) atoms. The Morgan fingerprint density at radius 3 is 0.913 bits per heavy atom. The molecule has 2 aliphatic heterocycles. The fourth-order valence-corrected chi connectivity index (χ4v) is 15.8. The molecule has 0 aromatic heterocycles. The van der Waals surface area contributed by atoms with E-state index in [0.29, 0.717) is 12.8 Å². The first-order chi connectivity index (χ1) is 51.1. The lowest BCUT2D eigenvalue weighted by atomic mass is 9.97. The smallest absolute Gasteiger partial charge is 0.220 e. The Morgan fingerprint density at radius 1 is 0.337 bits per heavy atom. The first kappa shape index (κ1) is 98.8. The Kier molecular flexibility index (Phi) is 70.8. The number of nitrogens with one attached hydrogen (secondary N) is 1. The molecule has 12 atom stereocenters. The fraction of sp³-hybridized carbons (Fsp3) is 0.967. The molecule has 1 amide bonds. The molecule has 9 N–H and O–H groups in total. The quantitative estimate of drug-likeness (QED) is 0.0204. The summed E-state index contributed by atoms with van der Waals surface area (Å²) in [5.41, 5.74) is 0. The van der Waals surface area contributed by atoms with Crippen LogP contribution in [0.2, 0.25) is 0 Å². The van der Waals surface area contributed by atoms with Gasteiger partial charge < -0.3 is 65.1 Å². The minimum atomic E-state index is -1.78. The molecular weight excluding hydrogens is 1300 g/mol. The van der Waals surface area contributed by atoms with Gasteiger partial charge in [-0.05, 0) is 38.5 Å². The number of amides is 1. The Bertz CT molecular complexity index is 1790. The number of allylic oxidation sites excluding steroid dienone is 2. The van der Waals surface area contributed by atoms with Gasteiger partial charge in [-0.1, -0.05) is 431 Å². The van der Waals surface area contributed by atoms with Crippen LogP contribution in [0.5, 0.6) is 0 Å². The van der Waals surface area contributed by atoms with Crippen LogP contribution in [-0.4, -0.2) is 140 Å². The largest absolute Gasteiger partial charge is 0.394 e. The minimum absolute atomic E-state index is 0.194. The summed E-state index contributed by atoms with van der Waals surface area (Å²) in [5.74, 6) is -0.194. The summed E-state index contributed by atoms with van der Waals surface area (Å²) < 4.78 is 23.0. The number of aliphatic hydroxyl groups excluding tert-OH is 8. The summed E-state index contributed by atoms with van der Waals surface area (Å²) in [6, 6.07) is -0.827. The summed E-state index contributed by atoms with van der Waals surface area (Å²) in [6.07, 6.45) is 80.2.